The molecule has 0 spiro atoms. The van der Waals surface area contributed by atoms with Gasteiger partial charge in [0.1, 0.15) is 16.9 Å². The molecule has 0 aliphatic rings. The highest BCUT2D eigenvalue weighted by Gasteiger charge is 2.19. The van der Waals surface area contributed by atoms with Gasteiger partial charge in [0.2, 0.25) is 0 Å². The van der Waals surface area contributed by atoms with Gasteiger partial charge in [-0.1, -0.05) is 18.7 Å². The lowest BCUT2D eigenvalue weighted by atomic mass is 10.0. The molecule has 6 nitrogen and oxygen atoms in total. The van der Waals surface area contributed by atoms with Gasteiger partial charge in [-0.3, -0.25) is 4.98 Å². The van der Waals surface area contributed by atoms with Crippen molar-refractivity contribution in [3.05, 3.63) is 77.4 Å². The topological polar surface area (TPSA) is 80.7 Å². The normalized spacial score (nSPS) is 10.8. The van der Waals surface area contributed by atoms with Crippen molar-refractivity contribution in [2.45, 2.75) is 12.8 Å². The molecule has 30 heavy (non-hydrogen) atoms. The molecule has 0 amide bonds. The molecule has 156 valence electrons. The first-order chi connectivity index (χ1) is 14.4. The first-order valence-electron chi connectivity index (χ1n) is 9.34. The van der Waals surface area contributed by atoms with E-state index in [0.717, 1.165) is 11.1 Å². The molecule has 0 radical (unpaired) electrons. The minimum absolute atomic E-state index is 0.00539. The number of carbonyl (C=O) groups excluding carboxylic acids is 1. The van der Waals surface area contributed by atoms with Gasteiger partial charge in [0, 0.05) is 36.5 Å². The number of halogens is 1. The lowest BCUT2D eigenvalue weighted by molar-refractivity contribution is 0.0598. The molecule has 3 aromatic rings. The number of methoxy groups -OCH3 is 2. The van der Waals surface area contributed by atoms with Crippen LogP contribution in [0, 0.1) is 5.82 Å². The number of fused-ring (bicyclic) bond motifs is 1. The number of anilines is 1. The number of pyridine rings is 1. The van der Waals surface area contributed by atoms with E-state index >= 15 is 0 Å². The van der Waals surface area contributed by atoms with Crippen molar-refractivity contribution in [2.24, 2.45) is 0 Å². The summed E-state index contributed by atoms with van der Waals surface area (Å²) in [6.07, 6.45) is 2.72. The Morgan fingerprint density at radius 3 is 2.60 bits per heavy atom. The average molecular weight is 410 g/mol. The van der Waals surface area contributed by atoms with Crippen LogP contribution in [0.4, 0.5) is 10.1 Å². The number of hydrogen-bond donors (Lipinski definition) is 2. The van der Waals surface area contributed by atoms with Crippen molar-refractivity contribution < 1.29 is 23.8 Å². The monoisotopic (exact) mass is 410 g/mol. The molecule has 0 bridgehead atoms. The van der Waals surface area contributed by atoms with E-state index in [-0.39, 0.29) is 22.6 Å². The second kappa shape index (κ2) is 9.37. The number of rotatable bonds is 8. The van der Waals surface area contributed by atoms with Gasteiger partial charge in [-0.25, -0.2) is 9.18 Å². The van der Waals surface area contributed by atoms with Crippen LogP contribution in [0.25, 0.3) is 10.9 Å². The second-order valence-electron chi connectivity index (χ2n) is 6.83. The molecule has 0 aliphatic heterocycles. The van der Waals surface area contributed by atoms with Crippen molar-refractivity contribution in [1.82, 2.24) is 4.98 Å². The van der Waals surface area contributed by atoms with Crippen LogP contribution >= 0.6 is 0 Å². The molecule has 1 aromatic heterocycles. The SMILES string of the molecule is C=C(CCOC)Nc1cc(C(=O)OC)c(O)c2ncc(Cc3ccc(F)cc3)cc12. The van der Waals surface area contributed by atoms with Gasteiger partial charge in [-0.15, -0.1) is 0 Å². The smallest absolute Gasteiger partial charge is 0.341 e. The van der Waals surface area contributed by atoms with E-state index in [4.69, 9.17) is 9.47 Å². The van der Waals surface area contributed by atoms with Crippen molar-refractivity contribution in [1.29, 1.82) is 0 Å². The summed E-state index contributed by atoms with van der Waals surface area (Å²) in [5.74, 6) is -1.22. The van der Waals surface area contributed by atoms with Gasteiger partial charge in [-0.2, -0.15) is 0 Å². The molecule has 2 N–H and O–H groups in total. The summed E-state index contributed by atoms with van der Waals surface area (Å²) in [6.45, 7) is 4.47. The third-order valence-electron chi connectivity index (χ3n) is 4.65. The zero-order valence-corrected chi connectivity index (χ0v) is 16.9. The number of carbonyl (C=O) groups is 1. The highest BCUT2D eigenvalue weighted by Crippen LogP contribution is 2.35. The van der Waals surface area contributed by atoms with Crippen molar-refractivity contribution in [3.63, 3.8) is 0 Å². The van der Waals surface area contributed by atoms with Crippen LogP contribution in [0.3, 0.4) is 0 Å². The van der Waals surface area contributed by atoms with E-state index in [0.29, 0.717) is 36.2 Å². The van der Waals surface area contributed by atoms with Crippen molar-refractivity contribution in [2.75, 3.05) is 26.1 Å². The molecular weight excluding hydrogens is 387 g/mol. The van der Waals surface area contributed by atoms with Gasteiger partial charge in [0.05, 0.1) is 13.7 Å². The second-order valence-corrected chi connectivity index (χ2v) is 6.83. The van der Waals surface area contributed by atoms with E-state index in [1.807, 2.05) is 6.07 Å². The van der Waals surface area contributed by atoms with Crippen LogP contribution in [0.15, 0.2) is 54.9 Å². The number of nitrogens with zero attached hydrogens (tertiary/aromatic N) is 1. The number of phenols is 1. The fourth-order valence-electron chi connectivity index (χ4n) is 3.10. The Hall–Kier alpha value is -3.45. The van der Waals surface area contributed by atoms with Gasteiger partial charge in [0.25, 0.3) is 0 Å². The van der Waals surface area contributed by atoms with Crippen LogP contribution in [0.2, 0.25) is 0 Å². The maximum atomic E-state index is 13.2. The minimum atomic E-state index is -0.669. The molecule has 0 saturated heterocycles. The van der Waals surface area contributed by atoms with Gasteiger partial charge >= 0.3 is 5.97 Å². The van der Waals surface area contributed by atoms with E-state index < -0.39 is 5.97 Å². The maximum absolute atomic E-state index is 13.2. The third kappa shape index (κ3) is 4.75. The Morgan fingerprint density at radius 1 is 1.20 bits per heavy atom. The average Bonchev–Trinajstić information content (AvgIpc) is 2.75. The fraction of sp³-hybridized carbons (Fsp3) is 0.217. The van der Waals surface area contributed by atoms with E-state index in [9.17, 15) is 14.3 Å². The predicted octanol–water partition coefficient (Wildman–Crippen LogP) is 4.42. The zero-order valence-electron chi connectivity index (χ0n) is 16.9. The molecule has 7 heteroatoms. The van der Waals surface area contributed by atoms with Gasteiger partial charge < -0.3 is 19.9 Å². The number of hydrogen-bond acceptors (Lipinski definition) is 6. The minimum Gasteiger partial charge on any atom is -0.505 e. The first kappa shape index (κ1) is 21.3. The Bertz CT molecular complexity index is 1080. The maximum Gasteiger partial charge on any atom is 0.341 e. The highest BCUT2D eigenvalue weighted by atomic mass is 19.1. The van der Waals surface area contributed by atoms with Crippen LogP contribution in [0.1, 0.15) is 27.9 Å². The molecule has 0 atom stereocenters. The number of benzene rings is 2. The number of aromatic nitrogens is 1. The fourth-order valence-corrected chi connectivity index (χ4v) is 3.10. The van der Waals surface area contributed by atoms with E-state index in [1.54, 1.807) is 25.4 Å². The summed E-state index contributed by atoms with van der Waals surface area (Å²) < 4.78 is 23.0. The summed E-state index contributed by atoms with van der Waals surface area (Å²) in [5.41, 5.74) is 3.31. The lowest BCUT2D eigenvalue weighted by Crippen LogP contribution is -2.07. The van der Waals surface area contributed by atoms with Crippen molar-refractivity contribution >= 4 is 22.6 Å². The molecule has 0 saturated carbocycles. The summed E-state index contributed by atoms with van der Waals surface area (Å²) in [7, 11) is 2.85. The van der Waals surface area contributed by atoms with Crippen LogP contribution in [0.5, 0.6) is 5.75 Å². The van der Waals surface area contributed by atoms with E-state index in [1.165, 1.54) is 25.3 Å². The molecule has 0 aliphatic carbocycles. The van der Waals surface area contributed by atoms with Crippen LogP contribution in [-0.4, -0.2) is 36.9 Å². The van der Waals surface area contributed by atoms with Crippen molar-refractivity contribution in [3.8, 4) is 5.75 Å². The lowest BCUT2D eigenvalue weighted by Gasteiger charge is -2.15. The van der Waals surface area contributed by atoms with Crippen LogP contribution < -0.4 is 5.32 Å². The summed E-state index contributed by atoms with van der Waals surface area (Å²) in [5, 5.41) is 14.4. The highest BCUT2D eigenvalue weighted by molar-refractivity contribution is 6.05. The summed E-state index contributed by atoms with van der Waals surface area (Å²) in [6, 6.07) is 9.63. The molecule has 0 unspecified atom stereocenters. The Morgan fingerprint density at radius 2 is 1.93 bits per heavy atom. The molecule has 0 fully saturated rings. The molecular formula is C23H23FN2O4. The number of phenolic OH excluding ortho intramolecular Hbond substituents is 1. The standard InChI is InChI=1S/C23H23FN2O4/c1-14(8-9-29-2)26-20-12-19(23(28)30-3)22(27)21-18(20)11-16(13-25-21)10-15-4-6-17(24)7-5-15/h4-7,11-13,26-27H,1,8-10H2,2-3H3. The molecule has 1 heterocycles. The Labute approximate surface area is 174 Å². The number of aromatic hydroxyl groups is 1. The molecule has 2 aromatic carbocycles. The third-order valence-corrected chi connectivity index (χ3v) is 4.65. The Kier molecular flexibility index (Phi) is 6.64. The van der Waals surface area contributed by atoms with E-state index in [2.05, 4.69) is 16.9 Å². The van der Waals surface area contributed by atoms with Crippen LogP contribution in [-0.2, 0) is 15.9 Å². The summed E-state index contributed by atoms with van der Waals surface area (Å²) >= 11 is 0. The molecule has 3 rings (SSSR count). The first-order valence-corrected chi connectivity index (χ1v) is 9.34. The number of nitrogens with one attached hydrogen (secondary N) is 1. The summed E-state index contributed by atoms with van der Waals surface area (Å²) in [4.78, 5) is 16.5. The number of esters is 1. The Balaban J connectivity index is 2.05. The quantitative estimate of drug-likeness (QED) is 0.423. The van der Waals surface area contributed by atoms with Gasteiger partial charge in [-0.05, 0) is 41.8 Å². The predicted molar refractivity (Wildman–Crippen MR) is 113 cm³/mol. The zero-order chi connectivity index (χ0) is 21.7. The number of ether oxygens (including phenoxy) is 2. The largest absolute Gasteiger partial charge is 0.505 e. The van der Waals surface area contributed by atoms with Gasteiger partial charge in [0.15, 0.2) is 5.75 Å².